The summed E-state index contributed by atoms with van der Waals surface area (Å²) in [6.07, 6.45) is 4.88. The molecule has 1 aliphatic heterocycles. The van der Waals surface area contributed by atoms with Gasteiger partial charge in [0.25, 0.3) is 0 Å². The minimum absolute atomic E-state index is 0.503. The largest absolute Gasteiger partial charge is 0.368 e. The molecule has 2 aromatic carbocycles. The summed E-state index contributed by atoms with van der Waals surface area (Å²) < 4.78 is 2.18. The molecule has 4 heterocycles. The summed E-state index contributed by atoms with van der Waals surface area (Å²) in [4.78, 5) is 14.2. The van der Waals surface area contributed by atoms with E-state index in [-0.39, 0.29) is 0 Å². The Bertz CT molecular complexity index is 1450. The summed E-state index contributed by atoms with van der Waals surface area (Å²) in [5.41, 5.74) is 7.26. The van der Waals surface area contributed by atoms with Crippen molar-refractivity contribution in [3.8, 4) is 0 Å². The fourth-order valence-electron chi connectivity index (χ4n) is 5.35. The standard InChI is InChI=1S/C28H29N5/c1-20-9-11-25-26(30-20)6-4-7-27(25)32-16-15-31(21(2)18-32)14-13-22-5-3-8-28-24(22)12-10-23-17-29-19-33(23)28/h3-12,17,19,21H,13-16,18H2,1-2H3/t21-/m1/s1. The molecule has 33 heavy (non-hydrogen) atoms. The van der Waals surface area contributed by atoms with Gasteiger partial charge in [0.05, 0.1) is 29.1 Å². The van der Waals surface area contributed by atoms with Gasteiger partial charge in [-0.2, -0.15) is 0 Å². The average Bonchev–Trinajstić information content (AvgIpc) is 3.32. The van der Waals surface area contributed by atoms with E-state index in [4.69, 9.17) is 4.98 Å². The van der Waals surface area contributed by atoms with E-state index in [1.54, 1.807) is 0 Å². The molecule has 166 valence electrons. The van der Waals surface area contributed by atoms with Crippen molar-refractivity contribution in [1.82, 2.24) is 19.3 Å². The third-order valence-electron chi connectivity index (χ3n) is 7.14. The molecule has 0 aliphatic carbocycles. The zero-order chi connectivity index (χ0) is 22.4. The number of nitrogens with zero attached hydrogens (tertiary/aromatic N) is 5. The first-order valence-corrected chi connectivity index (χ1v) is 11.9. The van der Waals surface area contributed by atoms with Gasteiger partial charge in [0, 0.05) is 54.4 Å². The van der Waals surface area contributed by atoms with Crippen LogP contribution in [-0.4, -0.2) is 51.5 Å². The molecule has 0 N–H and O–H groups in total. The molecule has 0 spiro atoms. The van der Waals surface area contributed by atoms with Crippen LogP contribution in [0.2, 0.25) is 0 Å². The van der Waals surface area contributed by atoms with Crippen LogP contribution in [0.25, 0.3) is 27.3 Å². The van der Waals surface area contributed by atoms with Gasteiger partial charge in [0.1, 0.15) is 0 Å². The molecule has 6 rings (SSSR count). The molecule has 0 radical (unpaired) electrons. The van der Waals surface area contributed by atoms with Crippen LogP contribution in [0.1, 0.15) is 18.2 Å². The Hall–Kier alpha value is -3.44. The number of piperazine rings is 1. The number of benzene rings is 2. The predicted octanol–water partition coefficient (Wildman–Crippen LogP) is 5.10. The van der Waals surface area contributed by atoms with E-state index in [9.17, 15) is 0 Å². The highest BCUT2D eigenvalue weighted by molar-refractivity contribution is 5.92. The smallest absolute Gasteiger partial charge is 0.0997 e. The van der Waals surface area contributed by atoms with Gasteiger partial charge in [-0.3, -0.25) is 14.3 Å². The number of aromatic nitrogens is 3. The van der Waals surface area contributed by atoms with Gasteiger partial charge in [0.2, 0.25) is 0 Å². The second-order valence-corrected chi connectivity index (χ2v) is 9.25. The average molecular weight is 436 g/mol. The highest BCUT2D eigenvalue weighted by Gasteiger charge is 2.24. The first-order chi connectivity index (χ1) is 16.2. The van der Waals surface area contributed by atoms with Crippen LogP contribution in [0.3, 0.4) is 0 Å². The molecule has 5 nitrogen and oxygen atoms in total. The quantitative estimate of drug-likeness (QED) is 0.394. The number of fused-ring (bicyclic) bond motifs is 4. The number of rotatable bonds is 4. The summed E-state index contributed by atoms with van der Waals surface area (Å²) in [6, 6.07) is 22.4. The molecule has 0 amide bonds. The first-order valence-electron chi connectivity index (χ1n) is 11.9. The summed E-state index contributed by atoms with van der Waals surface area (Å²) in [5.74, 6) is 0. The Morgan fingerprint density at radius 1 is 0.939 bits per heavy atom. The van der Waals surface area contributed by atoms with Crippen LogP contribution < -0.4 is 4.90 Å². The lowest BCUT2D eigenvalue weighted by Gasteiger charge is -2.41. The van der Waals surface area contributed by atoms with E-state index < -0.39 is 0 Å². The minimum atomic E-state index is 0.503. The van der Waals surface area contributed by atoms with Crippen LogP contribution in [-0.2, 0) is 6.42 Å². The molecule has 0 saturated carbocycles. The second kappa shape index (κ2) is 8.16. The lowest BCUT2D eigenvalue weighted by atomic mass is 10.0. The molecule has 0 unspecified atom stereocenters. The van der Waals surface area contributed by atoms with E-state index in [1.807, 2.05) is 12.5 Å². The third kappa shape index (κ3) is 3.62. The molecular formula is C28H29N5. The Morgan fingerprint density at radius 2 is 1.82 bits per heavy atom. The summed E-state index contributed by atoms with van der Waals surface area (Å²) in [7, 11) is 0. The van der Waals surface area contributed by atoms with Crippen LogP contribution in [0.15, 0.2) is 73.2 Å². The molecule has 3 aromatic heterocycles. The maximum absolute atomic E-state index is 4.73. The molecule has 5 aromatic rings. The van der Waals surface area contributed by atoms with E-state index in [0.29, 0.717) is 6.04 Å². The highest BCUT2D eigenvalue weighted by atomic mass is 15.3. The van der Waals surface area contributed by atoms with E-state index in [1.165, 1.54) is 27.5 Å². The Labute approximate surface area is 194 Å². The normalized spacial score (nSPS) is 17.4. The maximum Gasteiger partial charge on any atom is 0.0997 e. The van der Waals surface area contributed by atoms with Gasteiger partial charge in [-0.1, -0.05) is 24.3 Å². The summed E-state index contributed by atoms with van der Waals surface area (Å²) in [5, 5.41) is 2.58. The Balaban J connectivity index is 1.19. The molecule has 1 aliphatic rings. The van der Waals surface area contributed by atoms with Crippen LogP contribution in [0.5, 0.6) is 0 Å². The monoisotopic (exact) mass is 435 g/mol. The zero-order valence-electron chi connectivity index (χ0n) is 19.3. The number of hydrogen-bond donors (Lipinski definition) is 0. The predicted molar refractivity (Wildman–Crippen MR) is 136 cm³/mol. The SMILES string of the molecule is Cc1ccc2c(N3CCN(CCc4cccc5c4ccc4cncn45)[C@H](C)C3)cccc2n1. The Kier molecular flexibility index (Phi) is 4.99. The molecule has 1 saturated heterocycles. The van der Waals surface area contributed by atoms with Crippen molar-refractivity contribution in [3.63, 3.8) is 0 Å². The summed E-state index contributed by atoms with van der Waals surface area (Å²) in [6.45, 7) is 8.65. The van der Waals surface area contributed by atoms with Crippen LogP contribution in [0, 0.1) is 6.92 Å². The summed E-state index contributed by atoms with van der Waals surface area (Å²) >= 11 is 0. The van der Waals surface area contributed by atoms with Gasteiger partial charge >= 0.3 is 0 Å². The number of pyridine rings is 2. The van der Waals surface area contributed by atoms with Crippen molar-refractivity contribution < 1.29 is 0 Å². The second-order valence-electron chi connectivity index (χ2n) is 9.25. The molecule has 5 heteroatoms. The van der Waals surface area contributed by atoms with Gasteiger partial charge in [0.15, 0.2) is 0 Å². The van der Waals surface area contributed by atoms with Crippen LogP contribution >= 0.6 is 0 Å². The van der Waals surface area contributed by atoms with Gasteiger partial charge in [-0.05, 0) is 62.2 Å². The van der Waals surface area contributed by atoms with Crippen molar-refractivity contribution in [2.45, 2.75) is 26.3 Å². The van der Waals surface area contributed by atoms with Gasteiger partial charge in [-0.15, -0.1) is 0 Å². The fourth-order valence-corrected chi connectivity index (χ4v) is 5.35. The molecule has 1 atom stereocenters. The number of imidazole rings is 1. The minimum Gasteiger partial charge on any atom is -0.368 e. The van der Waals surface area contributed by atoms with Gasteiger partial charge < -0.3 is 4.90 Å². The highest BCUT2D eigenvalue weighted by Crippen LogP contribution is 2.28. The van der Waals surface area contributed by atoms with Crippen molar-refractivity contribution >= 4 is 33.0 Å². The fraction of sp³-hybridized carbons (Fsp3) is 0.286. The maximum atomic E-state index is 4.73. The van der Waals surface area contributed by atoms with Crippen molar-refractivity contribution in [2.24, 2.45) is 0 Å². The Morgan fingerprint density at radius 3 is 2.73 bits per heavy atom. The third-order valence-corrected chi connectivity index (χ3v) is 7.14. The number of anilines is 1. The topological polar surface area (TPSA) is 36.7 Å². The van der Waals surface area contributed by atoms with E-state index >= 15 is 0 Å². The van der Waals surface area contributed by atoms with Crippen molar-refractivity contribution in [2.75, 3.05) is 31.1 Å². The van der Waals surface area contributed by atoms with E-state index in [2.05, 4.69) is 93.7 Å². The first kappa shape index (κ1) is 20.2. The molecule has 0 bridgehead atoms. The van der Waals surface area contributed by atoms with Crippen molar-refractivity contribution in [1.29, 1.82) is 0 Å². The lowest BCUT2D eigenvalue weighted by molar-refractivity contribution is 0.192. The lowest BCUT2D eigenvalue weighted by Crippen LogP contribution is -2.52. The van der Waals surface area contributed by atoms with Crippen LogP contribution in [0.4, 0.5) is 5.69 Å². The van der Waals surface area contributed by atoms with Gasteiger partial charge in [-0.25, -0.2) is 4.98 Å². The number of hydrogen-bond acceptors (Lipinski definition) is 4. The molecule has 1 fully saturated rings. The van der Waals surface area contributed by atoms with Crippen molar-refractivity contribution in [3.05, 3.63) is 84.4 Å². The number of aryl methyl sites for hydroxylation is 1. The zero-order valence-corrected chi connectivity index (χ0v) is 19.3. The van der Waals surface area contributed by atoms with E-state index in [0.717, 1.165) is 49.3 Å². The molecular weight excluding hydrogens is 406 g/mol.